The molecule has 0 unspecified atom stereocenters. The third kappa shape index (κ3) is 9.60. The van der Waals surface area contributed by atoms with Crippen LogP contribution < -0.4 is 0 Å². The Morgan fingerprint density at radius 2 is 1.73 bits per heavy atom. The molecule has 0 radical (unpaired) electrons. The Morgan fingerprint density at radius 1 is 1.09 bits per heavy atom. The van der Waals surface area contributed by atoms with Gasteiger partial charge in [-0.1, -0.05) is 44.7 Å². The van der Waals surface area contributed by atoms with Gasteiger partial charge in [0, 0.05) is 0 Å². The van der Waals surface area contributed by atoms with Crippen LogP contribution in [0.2, 0.25) is 0 Å². The Morgan fingerprint density at radius 3 is 2.27 bits per heavy atom. The zero-order valence-electron chi connectivity index (χ0n) is 7.68. The van der Waals surface area contributed by atoms with Gasteiger partial charge in [0.25, 0.3) is 0 Å². The number of hydrogen-bond donors (Lipinski definition) is 0. The van der Waals surface area contributed by atoms with Crippen molar-refractivity contribution in [1.29, 1.82) is 0 Å². The Bertz CT molecular complexity index is 91.6. The summed E-state index contributed by atoms with van der Waals surface area (Å²) in [5.74, 6) is 0.819. The SMILES string of the molecule is CC(C)CCCCCCN=O. The first-order chi connectivity index (χ1) is 5.27. The summed E-state index contributed by atoms with van der Waals surface area (Å²) in [5.41, 5.74) is 0. The molecule has 0 heterocycles. The molecule has 2 heteroatoms. The molecule has 0 saturated carbocycles. The first kappa shape index (κ1) is 10.6. The second-order valence-electron chi connectivity index (χ2n) is 3.45. The number of nitrogens with zero attached hydrogens (tertiary/aromatic N) is 1. The molecule has 0 N–H and O–H groups in total. The summed E-state index contributed by atoms with van der Waals surface area (Å²) in [5, 5.41) is 2.82. The maximum absolute atomic E-state index is 9.70. The molecule has 0 bridgehead atoms. The van der Waals surface area contributed by atoms with E-state index >= 15 is 0 Å². The molecule has 0 saturated heterocycles. The van der Waals surface area contributed by atoms with E-state index in [4.69, 9.17) is 0 Å². The average Bonchev–Trinajstić information content (AvgIpc) is 1.96. The summed E-state index contributed by atoms with van der Waals surface area (Å²) in [4.78, 5) is 9.70. The van der Waals surface area contributed by atoms with Gasteiger partial charge < -0.3 is 0 Å². The predicted octanol–water partition coefficient (Wildman–Crippen LogP) is 3.36. The fourth-order valence-corrected chi connectivity index (χ4v) is 1.08. The van der Waals surface area contributed by atoms with Crippen molar-refractivity contribution in [2.24, 2.45) is 11.1 Å². The molecule has 2 nitrogen and oxygen atoms in total. The van der Waals surface area contributed by atoms with Crippen LogP contribution in [0.15, 0.2) is 5.18 Å². The lowest BCUT2D eigenvalue weighted by Crippen LogP contribution is -1.87. The van der Waals surface area contributed by atoms with Gasteiger partial charge in [-0.2, -0.15) is 4.91 Å². The van der Waals surface area contributed by atoms with Crippen LogP contribution in [-0.4, -0.2) is 6.54 Å². The molecule has 0 aromatic rings. The zero-order chi connectivity index (χ0) is 8.53. The van der Waals surface area contributed by atoms with Crippen molar-refractivity contribution in [1.82, 2.24) is 0 Å². The highest BCUT2D eigenvalue weighted by molar-refractivity contribution is 4.49. The van der Waals surface area contributed by atoms with Crippen LogP contribution in [0.4, 0.5) is 0 Å². The summed E-state index contributed by atoms with van der Waals surface area (Å²) < 4.78 is 0. The molecular formula is C9H19NO. The average molecular weight is 157 g/mol. The lowest BCUT2D eigenvalue weighted by Gasteiger charge is -2.02. The summed E-state index contributed by atoms with van der Waals surface area (Å²) >= 11 is 0. The van der Waals surface area contributed by atoms with Crippen LogP contribution >= 0.6 is 0 Å². The van der Waals surface area contributed by atoms with E-state index in [-0.39, 0.29) is 0 Å². The van der Waals surface area contributed by atoms with Gasteiger partial charge in [0.2, 0.25) is 0 Å². The number of nitroso groups, excluding NO2 is 1. The van der Waals surface area contributed by atoms with Crippen molar-refractivity contribution in [3.05, 3.63) is 4.91 Å². The molecule has 0 spiro atoms. The lowest BCUT2D eigenvalue weighted by atomic mass is 10.0. The monoisotopic (exact) mass is 157 g/mol. The van der Waals surface area contributed by atoms with E-state index in [0.29, 0.717) is 6.54 Å². The fourth-order valence-electron chi connectivity index (χ4n) is 1.08. The predicted molar refractivity (Wildman–Crippen MR) is 48.6 cm³/mol. The largest absolute Gasteiger partial charge is 0.151 e. The quantitative estimate of drug-likeness (QED) is 0.411. The van der Waals surface area contributed by atoms with E-state index in [1.165, 1.54) is 25.7 Å². The van der Waals surface area contributed by atoms with Crippen molar-refractivity contribution in [2.75, 3.05) is 6.54 Å². The molecule has 0 aliphatic rings. The van der Waals surface area contributed by atoms with Crippen LogP contribution in [0.5, 0.6) is 0 Å². The minimum Gasteiger partial charge on any atom is -0.151 e. The van der Waals surface area contributed by atoms with Crippen molar-refractivity contribution in [3.63, 3.8) is 0 Å². The topological polar surface area (TPSA) is 29.4 Å². The maximum Gasteiger partial charge on any atom is 0.0811 e. The third-order valence-corrected chi connectivity index (χ3v) is 1.78. The zero-order valence-corrected chi connectivity index (χ0v) is 7.68. The van der Waals surface area contributed by atoms with Crippen LogP contribution in [0, 0.1) is 10.8 Å². The fraction of sp³-hybridized carbons (Fsp3) is 1.00. The molecule has 0 rings (SSSR count). The van der Waals surface area contributed by atoms with Crippen LogP contribution in [0.1, 0.15) is 46.0 Å². The number of hydrogen-bond acceptors (Lipinski definition) is 2. The Balaban J connectivity index is 2.85. The summed E-state index contributed by atoms with van der Waals surface area (Å²) in [6.45, 7) is 4.99. The summed E-state index contributed by atoms with van der Waals surface area (Å²) in [7, 11) is 0. The van der Waals surface area contributed by atoms with Gasteiger partial charge in [-0.3, -0.25) is 0 Å². The first-order valence-electron chi connectivity index (χ1n) is 4.56. The van der Waals surface area contributed by atoms with Gasteiger partial charge in [-0.15, -0.1) is 0 Å². The van der Waals surface area contributed by atoms with Gasteiger partial charge in [-0.05, 0) is 12.3 Å². The smallest absolute Gasteiger partial charge is 0.0811 e. The van der Waals surface area contributed by atoms with Gasteiger partial charge in [0.1, 0.15) is 0 Å². The number of rotatable bonds is 7. The summed E-state index contributed by atoms with van der Waals surface area (Å²) in [6.07, 6.45) is 6.01. The first-order valence-corrected chi connectivity index (χ1v) is 4.56. The molecule has 0 amide bonds. The Labute approximate surface area is 69.4 Å². The second kappa shape index (κ2) is 7.70. The molecule has 66 valence electrons. The van der Waals surface area contributed by atoms with Crippen molar-refractivity contribution >= 4 is 0 Å². The summed E-state index contributed by atoms with van der Waals surface area (Å²) in [6, 6.07) is 0. The van der Waals surface area contributed by atoms with Crippen LogP contribution in [0.25, 0.3) is 0 Å². The Kier molecular flexibility index (Phi) is 7.42. The molecule has 11 heavy (non-hydrogen) atoms. The highest BCUT2D eigenvalue weighted by Crippen LogP contribution is 2.09. The lowest BCUT2D eigenvalue weighted by molar-refractivity contribution is 0.521. The minimum absolute atomic E-state index is 0.502. The van der Waals surface area contributed by atoms with Gasteiger partial charge in [0.05, 0.1) is 6.54 Å². The van der Waals surface area contributed by atoms with Crippen LogP contribution in [-0.2, 0) is 0 Å². The Hall–Kier alpha value is -0.400. The standard InChI is InChI=1S/C9H19NO/c1-9(2)7-5-3-4-6-8-10-11/h9H,3-8H2,1-2H3. The second-order valence-corrected chi connectivity index (χ2v) is 3.45. The van der Waals surface area contributed by atoms with Gasteiger partial charge in [0.15, 0.2) is 0 Å². The highest BCUT2D eigenvalue weighted by Gasteiger charge is 1.93. The van der Waals surface area contributed by atoms with E-state index in [1.54, 1.807) is 0 Å². The molecule has 0 aliphatic heterocycles. The van der Waals surface area contributed by atoms with Crippen molar-refractivity contribution in [3.8, 4) is 0 Å². The van der Waals surface area contributed by atoms with E-state index in [1.807, 2.05) is 0 Å². The molecule has 0 aromatic heterocycles. The van der Waals surface area contributed by atoms with Crippen LogP contribution in [0.3, 0.4) is 0 Å². The maximum atomic E-state index is 9.70. The molecular weight excluding hydrogens is 138 g/mol. The highest BCUT2D eigenvalue weighted by atomic mass is 16.3. The molecule has 0 aromatic carbocycles. The van der Waals surface area contributed by atoms with Gasteiger partial charge in [-0.25, -0.2) is 0 Å². The van der Waals surface area contributed by atoms with Crippen molar-refractivity contribution < 1.29 is 0 Å². The number of unbranched alkanes of at least 4 members (excludes halogenated alkanes) is 3. The van der Waals surface area contributed by atoms with Gasteiger partial charge >= 0.3 is 0 Å². The van der Waals surface area contributed by atoms with E-state index in [2.05, 4.69) is 19.0 Å². The van der Waals surface area contributed by atoms with E-state index < -0.39 is 0 Å². The molecule has 0 aliphatic carbocycles. The normalized spacial score (nSPS) is 10.5. The molecule has 0 fully saturated rings. The molecule has 0 atom stereocenters. The van der Waals surface area contributed by atoms with E-state index in [9.17, 15) is 4.91 Å². The third-order valence-electron chi connectivity index (χ3n) is 1.78. The van der Waals surface area contributed by atoms with Crippen molar-refractivity contribution in [2.45, 2.75) is 46.0 Å². The van der Waals surface area contributed by atoms with E-state index in [0.717, 1.165) is 12.3 Å². The minimum atomic E-state index is 0.502.